The Balaban J connectivity index is 1.88. The summed E-state index contributed by atoms with van der Waals surface area (Å²) in [5, 5.41) is 9.07. The maximum absolute atomic E-state index is 5.51. The average molecular weight is 327 g/mol. The van der Waals surface area contributed by atoms with Gasteiger partial charge < -0.3 is 14.3 Å². The van der Waals surface area contributed by atoms with E-state index in [9.17, 15) is 0 Å². The second-order valence-electron chi connectivity index (χ2n) is 7.10. The molecule has 1 aliphatic heterocycles. The number of hydrogen-bond acceptors (Lipinski definition) is 5. The van der Waals surface area contributed by atoms with E-state index in [1.54, 1.807) is 7.11 Å². The number of aryl methyl sites for hydroxylation is 1. The highest BCUT2D eigenvalue weighted by Gasteiger charge is 2.35. The molecule has 0 bridgehead atoms. The van der Waals surface area contributed by atoms with Gasteiger partial charge in [-0.25, -0.2) is 0 Å². The first-order valence-corrected chi connectivity index (χ1v) is 8.05. The average Bonchev–Trinajstić information content (AvgIpc) is 3.11. The Morgan fingerprint density at radius 2 is 2.00 bits per heavy atom. The van der Waals surface area contributed by atoms with Gasteiger partial charge in [-0.1, -0.05) is 19.0 Å². The molecular formula is C18H21N3O3. The van der Waals surface area contributed by atoms with Crippen molar-refractivity contribution < 1.29 is 14.3 Å². The van der Waals surface area contributed by atoms with Crippen molar-refractivity contribution >= 4 is 5.71 Å². The molecule has 2 aliphatic rings. The van der Waals surface area contributed by atoms with E-state index in [1.807, 2.05) is 29.9 Å². The van der Waals surface area contributed by atoms with E-state index in [-0.39, 0.29) is 12.2 Å². The van der Waals surface area contributed by atoms with Crippen LogP contribution in [0.5, 0.6) is 11.5 Å². The van der Waals surface area contributed by atoms with Crippen LogP contribution in [0.3, 0.4) is 0 Å². The molecular weight excluding hydrogens is 306 g/mol. The van der Waals surface area contributed by atoms with Crippen LogP contribution in [0.2, 0.25) is 0 Å². The molecule has 0 spiro atoms. The van der Waals surface area contributed by atoms with Crippen molar-refractivity contribution in [3.05, 3.63) is 29.5 Å². The van der Waals surface area contributed by atoms with E-state index in [2.05, 4.69) is 19.0 Å². The van der Waals surface area contributed by atoms with Gasteiger partial charge in [0.1, 0.15) is 12.8 Å². The minimum Gasteiger partial charge on any atom is -0.454 e. The van der Waals surface area contributed by atoms with Gasteiger partial charge in [0.2, 0.25) is 6.79 Å². The van der Waals surface area contributed by atoms with E-state index in [1.165, 1.54) is 5.69 Å². The lowest BCUT2D eigenvalue weighted by atomic mass is 9.75. The number of nitrogens with zero attached hydrogens (tertiary/aromatic N) is 3. The smallest absolute Gasteiger partial charge is 0.231 e. The predicted octanol–water partition coefficient (Wildman–Crippen LogP) is 3.14. The third-order valence-corrected chi connectivity index (χ3v) is 4.59. The molecule has 0 saturated carbocycles. The molecule has 6 heteroatoms. The van der Waals surface area contributed by atoms with Crippen LogP contribution in [0.15, 0.2) is 23.4 Å². The summed E-state index contributed by atoms with van der Waals surface area (Å²) in [6.07, 6.45) is 1.82. The fourth-order valence-electron chi connectivity index (χ4n) is 3.56. The zero-order chi connectivity index (χ0) is 16.9. The van der Waals surface area contributed by atoms with E-state index in [0.717, 1.165) is 46.9 Å². The number of fused-ring (bicyclic) bond motifs is 2. The first kappa shape index (κ1) is 15.1. The molecule has 2 aromatic rings. The minimum absolute atomic E-state index is 0.129. The molecule has 0 fully saturated rings. The van der Waals surface area contributed by atoms with Gasteiger partial charge in [0, 0.05) is 23.9 Å². The molecule has 1 aliphatic carbocycles. The highest BCUT2D eigenvalue weighted by molar-refractivity contribution is 6.07. The molecule has 0 N–H and O–H groups in total. The molecule has 4 rings (SSSR count). The van der Waals surface area contributed by atoms with Gasteiger partial charge >= 0.3 is 0 Å². The zero-order valence-electron chi connectivity index (χ0n) is 14.4. The fourth-order valence-corrected chi connectivity index (χ4v) is 3.56. The normalized spacial score (nSPS) is 19.4. The maximum Gasteiger partial charge on any atom is 0.231 e. The van der Waals surface area contributed by atoms with Gasteiger partial charge in [-0.05, 0) is 36.5 Å². The van der Waals surface area contributed by atoms with E-state index in [0.29, 0.717) is 0 Å². The molecule has 1 aromatic heterocycles. The van der Waals surface area contributed by atoms with Crippen molar-refractivity contribution in [1.82, 2.24) is 9.78 Å². The predicted molar refractivity (Wildman–Crippen MR) is 90.4 cm³/mol. The Morgan fingerprint density at radius 1 is 1.21 bits per heavy atom. The van der Waals surface area contributed by atoms with Crippen LogP contribution in [0.25, 0.3) is 11.3 Å². The highest BCUT2D eigenvalue weighted by Crippen LogP contribution is 2.41. The van der Waals surface area contributed by atoms with Gasteiger partial charge in [-0.3, -0.25) is 4.68 Å². The number of rotatable bonds is 2. The summed E-state index contributed by atoms with van der Waals surface area (Å²) < 4.78 is 12.9. The second kappa shape index (κ2) is 5.26. The third kappa shape index (κ3) is 2.33. The highest BCUT2D eigenvalue weighted by atomic mass is 16.7. The maximum atomic E-state index is 5.51. The van der Waals surface area contributed by atoms with Crippen LogP contribution in [0.4, 0.5) is 0 Å². The van der Waals surface area contributed by atoms with Gasteiger partial charge in [0.05, 0.1) is 5.71 Å². The lowest BCUT2D eigenvalue weighted by Gasteiger charge is -2.30. The Kier molecular flexibility index (Phi) is 3.30. The molecule has 0 atom stereocenters. The van der Waals surface area contributed by atoms with E-state index < -0.39 is 0 Å². The molecule has 2 heterocycles. The standard InChI is InChI=1S/C18H21N3O3/c1-18(2)8-12(20-22-4)16-13(9-18)21(3)19-17(16)11-5-6-14-15(7-11)24-10-23-14/h5-7H,8-10H2,1-4H3/b20-12-. The molecule has 0 unspecified atom stereocenters. The van der Waals surface area contributed by atoms with Gasteiger partial charge in [0.15, 0.2) is 11.5 Å². The quantitative estimate of drug-likeness (QED) is 0.795. The van der Waals surface area contributed by atoms with Crippen molar-refractivity contribution in [2.75, 3.05) is 13.9 Å². The van der Waals surface area contributed by atoms with Crippen LogP contribution in [-0.2, 0) is 18.3 Å². The monoisotopic (exact) mass is 327 g/mol. The minimum atomic E-state index is 0.129. The first-order chi connectivity index (χ1) is 11.5. The summed E-state index contributed by atoms with van der Waals surface area (Å²) in [7, 11) is 3.58. The largest absolute Gasteiger partial charge is 0.454 e. The Labute approximate surface area is 141 Å². The lowest BCUT2D eigenvalue weighted by molar-refractivity contribution is 0.174. The number of hydrogen-bond donors (Lipinski definition) is 0. The third-order valence-electron chi connectivity index (χ3n) is 4.59. The van der Waals surface area contributed by atoms with Crippen molar-refractivity contribution in [3.8, 4) is 22.8 Å². The first-order valence-electron chi connectivity index (χ1n) is 8.05. The Hall–Kier alpha value is -2.50. The van der Waals surface area contributed by atoms with Crippen LogP contribution >= 0.6 is 0 Å². The van der Waals surface area contributed by atoms with Crippen LogP contribution in [0, 0.1) is 5.41 Å². The van der Waals surface area contributed by atoms with Crippen molar-refractivity contribution in [1.29, 1.82) is 0 Å². The molecule has 6 nitrogen and oxygen atoms in total. The van der Waals surface area contributed by atoms with Crippen molar-refractivity contribution in [2.45, 2.75) is 26.7 Å². The second-order valence-corrected chi connectivity index (χ2v) is 7.10. The molecule has 126 valence electrons. The summed E-state index contributed by atoms with van der Waals surface area (Å²) in [6.45, 7) is 4.76. The number of aromatic nitrogens is 2. The number of oxime groups is 1. The van der Waals surface area contributed by atoms with Crippen LogP contribution < -0.4 is 9.47 Å². The topological polar surface area (TPSA) is 57.9 Å². The summed E-state index contributed by atoms with van der Waals surface area (Å²) in [5.74, 6) is 1.53. The summed E-state index contributed by atoms with van der Waals surface area (Å²) in [4.78, 5) is 5.11. The van der Waals surface area contributed by atoms with Crippen molar-refractivity contribution in [3.63, 3.8) is 0 Å². The number of ether oxygens (including phenoxy) is 2. The Morgan fingerprint density at radius 3 is 2.79 bits per heavy atom. The molecule has 0 saturated heterocycles. The summed E-state index contributed by atoms with van der Waals surface area (Å²) in [5.41, 5.74) is 5.26. The summed E-state index contributed by atoms with van der Waals surface area (Å²) in [6, 6.07) is 5.92. The van der Waals surface area contributed by atoms with Crippen LogP contribution in [0.1, 0.15) is 31.5 Å². The number of benzene rings is 1. The fraction of sp³-hybridized carbons (Fsp3) is 0.444. The van der Waals surface area contributed by atoms with Gasteiger partial charge in [0.25, 0.3) is 0 Å². The SMILES string of the molecule is CO/N=C1/CC(C)(C)Cc2c1c(-c1ccc3c(c1)OCO3)nn2C. The van der Waals surface area contributed by atoms with Gasteiger partial charge in [-0.15, -0.1) is 0 Å². The van der Waals surface area contributed by atoms with E-state index in [4.69, 9.17) is 19.4 Å². The molecule has 0 radical (unpaired) electrons. The summed E-state index contributed by atoms with van der Waals surface area (Å²) >= 11 is 0. The zero-order valence-corrected chi connectivity index (χ0v) is 14.4. The van der Waals surface area contributed by atoms with Gasteiger partial charge in [-0.2, -0.15) is 5.10 Å². The van der Waals surface area contributed by atoms with Crippen LogP contribution in [-0.4, -0.2) is 29.4 Å². The molecule has 1 aromatic carbocycles. The van der Waals surface area contributed by atoms with Crippen molar-refractivity contribution in [2.24, 2.45) is 17.6 Å². The molecule has 0 amide bonds. The lowest BCUT2D eigenvalue weighted by Crippen LogP contribution is -2.28. The Bertz CT molecular complexity index is 836. The van der Waals surface area contributed by atoms with E-state index >= 15 is 0 Å². The molecule has 24 heavy (non-hydrogen) atoms.